The number of pyridine rings is 1. The Kier molecular flexibility index (Phi) is 7.55. The lowest BCUT2D eigenvalue weighted by molar-refractivity contribution is -0.0344. The molecule has 3 heterocycles. The molecular formula is C21H22N4O6S. The van der Waals surface area contributed by atoms with Gasteiger partial charge in [0.25, 0.3) is 5.56 Å². The summed E-state index contributed by atoms with van der Waals surface area (Å²) < 4.78 is 16.0. The lowest BCUT2D eigenvalue weighted by Gasteiger charge is -2.16. The van der Waals surface area contributed by atoms with E-state index in [9.17, 15) is 14.4 Å². The van der Waals surface area contributed by atoms with Gasteiger partial charge in [0.1, 0.15) is 16.9 Å². The first kappa shape index (κ1) is 22.9. The normalized spacial score (nSPS) is 10.6. The molecule has 168 valence electrons. The average Bonchev–Trinajstić information content (AvgIpc) is 3.30. The molecule has 0 unspecified atom stereocenters. The summed E-state index contributed by atoms with van der Waals surface area (Å²) in [5, 5.41) is 9.15. The van der Waals surface area contributed by atoms with Crippen LogP contribution in [0.4, 0.5) is 16.2 Å². The highest BCUT2D eigenvalue weighted by atomic mass is 32.1. The van der Waals surface area contributed by atoms with Crippen molar-refractivity contribution in [1.29, 1.82) is 0 Å². The summed E-state index contributed by atoms with van der Waals surface area (Å²) in [6.07, 6.45) is 1.74. The average molecular weight is 458 g/mol. The van der Waals surface area contributed by atoms with Crippen LogP contribution in [0.3, 0.4) is 0 Å². The van der Waals surface area contributed by atoms with Crippen LogP contribution in [0.5, 0.6) is 0 Å². The molecule has 0 amide bonds. The van der Waals surface area contributed by atoms with E-state index < -0.39 is 24.5 Å². The Bertz CT molecular complexity index is 1130. The lowest BCUT2D eigenvalue weighted by atomic mass is 10.1. The van der Waals surface area contributed by atoms with Crippen molar-refractivity contribution in [2.45, 2.75) is 33.4 Å². The van der Waals surface area contributed by atoms with Gasteiger partial charge in [-0.25, -0.2) is 14.3 Å². The van der Waals surface area contributed by atoms with Crippen molar-refractivity contribution < 1.29 is 23.8 Å². The fourth-order valence-electron chi connectivity index (χ4n) is 2.70. The summed E-state index contributed by atoms with van der Waals surface area (Å²) in [5.74, 6) is -0.884. The summed E-state index contributed by atoms with van der Waals surface area (Å²) in [6.45, 7) is 4.69. The minimum Gasteiger partial charge on any atom is -0.431 e. The van der Waals surface area contributed by atoms with Crippen LogP contribution < -0.4 is 10.9 Å². The van der Waals surface area contributed by atoms with E-state index in [1.807, 2.05) is 5.38 Å². The van der Waals surface area contributed by atoms with Crippen LogP contribution in [-0.2, 0) is 20.8 Å². The van der Waals surface area contributed by atoms with E-state index in [1.165, 1.54) is 22.2 Å². The summed E-state index contributed by atoms with van der Waals surface area (Å²) in [6, 6.07) is 6.97. The third-order valence-corrected chi connectivity index (χ3v) is 4.92. The second-order valence-electron chi connectivity index (χ2n) is 6.67. The highest BCUT2D eigenvalue weighted by molar-refractivity contribution is 7.13. The van der Waals surface area contributed by atoms with E-state index in [2.05, 4.69) is 15.4 Å². The first-order valence-corrected chi connectivity index (χ1v) is 10.6. The third-order valence-electron chi connectivity index (χ3n) is 4.04. The van der Waals surface area contributed by atoms with Crippen LogP contribution in [0.2, 0.25) is 0 Å². The number of hydrogen-bond acceptors (Lipinski definition) is 10. The third kappa shape index (κ3) is 5.49. The molecule has 0 fully saturated rings. The van der Waals surface area contributed by atoms with Crippen molar-refractivity contribution in [3.63, 3.8) is 0 Å². The van der Waals surface area contributed by atoms with Crippen LogP contribution in [0, 0.1) is 0 Å². The molecule has 0 spiro atoms. The monoisotopic (exact) mass is 458 g/mol. The van der Waals surface area contributed by atoms with Crippen molar-refractivity contribution >= 4 is 34.8 Å². The number of carbonyl (C=O) groups excluding carboxylic acids is 2. The van der Waals surface area contributed by atoms with E-state index in [4.69, 9.17) is 14.2 Å². The van der Waals surface area contributed by atoms with Gasteiger partial charge in [0.15, 0.2) is 0 Å². The van der Waals surface area contributed by atoms with Gasteiger partial charge in [-0.1, -0.05) is 6.07 Å². The molecule has 0 aliphatic carbocycles. The number of hydrogen-bond donors (Lipinski definition) is 1. The zero-order chi connectivity index (χ0) is 23.1. The van der Waals surface area contributed by atoms with Crippen LogP contribution >= 0.6 is 11.3 Å². The van der Waals surface area contributed by atoms with E-state index in [1.54, 1.807) is 51.2 Å². The number of nitrogens with zero attached hydrogens (tertiary/aromatic N) is 3. The van der Waals surface area contributed by atoms with E-state index >= 15 is 0 Å². The van der Waals surface area contributed by atoms with Gasteiger partial charge < -0.3 is 19.5 Å². The minimum atomic E-state index is -0.973. The SMILES string of the molecule is CCn1nc(-c2cccs2)c(C(=O)OCOC(=O)OC(C)C)c(Nc2cccnc2)c1=O. The van der Waals surface area contributed by atoms with E-state index in [0.29, 0.717) is 17.1 Å². The number of esters is 1. The van der Waals surface area contributed by atoms with Crippen LogP contribution in [0.15, 0.2) is 46.8 Å². The fraction of sp³-hybridized carbons (Fsp3) is 0.286. The molecule has 3 rings (SSSR count). The Morgan fingerprint density at radius 1 is 1.22 bits per heavy atom. The maximum absolute atomic E-state index is 13.1. The van der Waals surface area contributed by atoms with Gasteiger partial charge in [-0.05, 0) is 44.4 Å². The highest BCUT2D eigenvalue weighted by Gasteiger charge is 2.26. The highest BCUT2D eigenvalue weighted by Crippen LogP contribution is 2.30. The number of thiophene rings is 1. The number of anilines is 2. The summed E-state index contributed by atoms with van der Waals surface area (Å²) >= 11 is 1.35. The minimum absolute atomic E-state index is 0.0204. The predicted molar refractivity (Wildman–Crippen MR) is 118 cm³/mol. The first-order chi connectivity index (χ1) is 15.4. The van der Waals surface area contributed by atoms with Crippen molar-refractivity contribution in [1.82, 2.24) is 14.8 Å². The van der Waals surface area contributed by atoms with Gasteiger partial charge in [-0.3, -0.25) is 9.78 Å². The molecule has 0 saturated heterocycles. The van der Waals surface area contributed by atoms with Crippen molar-refractivity contribution in [2.24, 2.45) is 0 Å². The fourth-order valence-corrected chi connectivity index (χ4v) is 3.41. The number of rotatable bonds is 8. The topological polar surface area (TPSA) is 122 Å². The number of aryl methyl sites for hydroxylation is 1. The molecular weight excluding hydrogens is 436 g/mol. The van der Waals surface area contributed by atoms with Crippen molar-refractivity contribution in [2.75, 3.05) is 12.1 Å². The number of carbonyl (C=O) groups is 2. The Balaban J connectivity index is 2.01. The Morgan fingerprint density at radius 3 is 2.66 bits per heavy atom. The molecule has 10 nitrogen and oxygen atoms in total. The molecule has 1 N–H and O–H groups in total. The van der Waals surface area contributed by atoms with Gasteiger partial charge in [0, 0.05) is 12.7 Å². The number of ether oxygens (including phenoxy) is 3. The second-order valence-corrected chi connectivity index (χ2v) is 7.62. The van der Waals surface area contributed by atoms with Gasteiger partial charge in [-0.15, -0.1) is 11.3 Å². The predicted octanol–water partition coefficient (Wildman–Crippen LogP) is 3.81. The summed E-state index contributed by atoms with van der Waals surface area (Å²) in [5.41, 5.74) is 0.160. The Hall–Kier alpha value is -3.73. The smallest absolute Gasteiger partial charge is 0.431 e. The maximum atomic E-state index is 13.1. The van der Waals surface area contributed by atoms with Gasteiger partial charge in [0.05, 0.1) is 22.9 Å². The first-order valence-electron chi connectivity index (χ1n) is 9.77. The standard InChI is InChI=1S/C21H22N4O6S/c1-4-25-19(26)18(23-14-7-5-9-22-11-14)16(17(24-25)15-8-6-10-32-15)20(27)29-12-30-21(28)31-13(2)3/h5-11,13,23H,4,12H2,1-3H3. The lowest BCUT2D eigenvalue weighted by Crippen LogP contribution is -2.29. The molecule has 3 aromatic heterocycles. The van der Waals surface area contributed by atoms with Crippen molar-refractivity contribution in [3.05, 3.63) is 58.0 Å². The van der Waals surface area contributed by atoms with Crippen molar-refractivity contribution in [3.8, 4) is 10.6 Å². The molecule has 32 heavy (non-hydrogen) atoms. The van der Waals surface area contributed by atoms with E-state index in [0.717, 1.165) is 0 Å². The molecule has 11 heteroatoms. The van der Waals surface area contributed by atoms with Gasteiger partial charge >= 0.3 is 12.1 Å². The quantitative estimate of drug-likeness (QED) is 0.397. The second kappa shape index (κ2) is 10.5. The van der Waals surface area contributed by atoms with Gasteiger partial charge in [0.2, 0.25) is 6.79 Å². The van der Waals surface area contributed by atoms with Crippen LogP contribution in [-0.4, -0.2) is 39.8 Å². The molecule has 0 atom stereocenters. The Morgan fingerprint density at radius 2 is 2.03 bits per heavy atom. The summed E-state index contributed by atoms with van der Waals surface area (Å²) in [4.78, 5) is 42.3. The molecule has 3 aromatic rings. The van der Waals surface area contributed by atoms with Crippen LogP contribution in [0.25, 0.3) is 10.6 Å². The molecule has 0 bridgehead atoms. The Labute approximate surface area is 187 Å². The summed E-state index contributed by atoms with van der Waals surface area (Å²) in [7, 11) is 0. The van der Waals surface area contributed by atoms with Gasteiger partial charge in [-0.2, -0.15) is 5.10 Å². The molecule has 0 aromatic carbocycles. The zero-order valence-corrected chi connectivity index (χ0v) is 18.5. The molecule has 0 radical (unpaired) electrons. The molecule has 0 aliphatic rings. The molecule has 0 saturated carbocycles. The largest absolute Gasteiger partial charge is 0.511 e. The number of nitrogens with one attached hydrogen (secondary N) is 1. The molecule has 0 aliphatic heterocycles. The van der Waals surface area contributed by atoms with Crippen LogP contribution in [0.1, 0.15) is 31.1 Å². The van der Waals surface area contributed by atoms with E-state index in [-0.39, 0.29) is 23.0 Å². The maximum Gasteiger partial charge on any atom is 0.511 e. The zero-order valence-electron chi connectivity index (χ0n) is 17.7. The number of aromatic nitrogens is 3.